The number of rotatable bonds is 10. The number of alkyl halides is 3. The van der Waals surface area contributed by atoms with Gasteiger partial charge in [-0.2, -0.15) is 13.2 Å². The van der Waals surface area contributed by atoms with Gasteiger partial charge in [0.25, 0.3) is 0 Å². The van der Waals surface area contributed by atoms with Crippen LogP contribution in [0.3, 0.4) is 0 Å². The molecule has 0 aromatic carbocycles. The van der Waals surface area contributed by atoms with Crippen LogP contribution in [0, 0.1) is 0 Å². The van der Waals surface area contributed by atoms with Crippen LogP contribution in [0.4, 0.5) is 13.2 Å². The van der Waals surface area contributed by atoms with Crippen LogP contribution >= 0.6 is 11.3 Å². The highest BCUT2D eigenvalue weighted by molar-refractivity contribution is 7.90. The molecule has 0 unspecified atom stereocenters. The van der Waals surface area contributed by atoms with Crippen molar-refractivity contribution in [3.8, 4) is 0 Å². The first-order chi connectivity index (χ1) is 12.1. The Hall–Kier alpha value is -1.40. The summed E-state index contributed by atoms with van der Waals surface area (Å²) >= 11 is 0.970. The number of aliphatic imine (C=N–C) groups is 1. The molecule has 1 aromatic rings. The lowest BCUT2D eigenvalue weighted by molar-refractivity contribution is -0.140. The Balaban J connectivity index is 2.34. The van der Waals surface area contributed by atoms with Crippen LogP contribution in [0.1, 0.15) is 17.6 Å². The average molecular weight is 416 g/mol. The first-order valence-electron chi connectivity index (χ1n) is 7.91. The summed E-state index contributed by atoms with van der Waals surface area (Å²) in [4.78, 5) is 7.81. The lowest BCUT2D eigenvalue weighted by atomic mass is 10.4. The predicted molar refractivity (Wildman–Crippen MR) is 95.3 cm³/mol. The van der Waals surface area contributed by atoms with Crippen molar-refractivity contribution in [2.45, 2.75) is 19.5 Å². The van der Waals surface area contributed by atoms with Crippen LogP contribution in [-0.2, 0) is 27.2 Å². The molecule has 12 heteroatoms. The third kappa shape index (κ3) is 9.92. The Morgan fingerprint density at radius 3 is 2.65 bits per heavy atom. The second kappa shape index (κ2) is 10.7. The van der Waals surface area contributed by atoms with Crippen molar-refractivity contribution in [1.29, 1.82) is 0 Å². The van der Waals surface area contributed by atoms with E-state index in [1.165, 1.54) is 0 Å². The van der Waals surface area contributed by atoms with Gasteiger partial charge in [-0.25, -0.2) is 13.4 Å². The number of nitrogens with zero attached hydrogens (tertiary/aromatic N) is 2. The standard InChI is InChI=1S/C14H23F3N4O3S2/c1-3-18-13(20-6-7-24-8-9-26(2,22)23)19-5-4-12-21-11(10-25-12)14(15,16)17/h10H,3-9H2,1-2H3,(H2,18,19,20). The molecule has 0 aliphatic rings. The zero-order valence-corrected chi connectivity index (χ0v) is 16.2. The minimum atomic E-state index is -4.42. The summed E-state index contributed by atoms with van der Waals surface area (Å²) in [6.07, 6.45) is -2.94. The van der Waals surface area contributed by atoms with E-state index >= 15 is 0 Å². The van der Waals surface area contributed by atoms with Crippen molar-refractivity contribution in [3.63, 3.8) is 0 Å². The highest BCUT2D eigenvalue weighted by Crippen LogP contribution is 2.29. The summed E-state index contributed by atoms with van der Waals surface area (Å²) in [7, 11) is -3.04. The molecule has 150 valence electrons. The number of sulfone groups is 1. The Labute approximate surface area is 155 Å². The smallest absolute Gasteiger partial charge is 0.378 e. The van der Waals surface area contributed by atoms with Crippen LogP contribution in [-0.4, -0.2) is 64.2 Å². The lowest BCUT2D eigenvalue weighted by Gasteiger charge is -2.10. The van der Waals surface area contributed by atoms with Gasteiger partial charge >= 0.3 is 6.18 Å². The van der Waals surface area contributed by atoms with Gasteiger partial charge in [-0.1, -0.05) is 0 Å². The van der Waals surface area contributed by atoms with Crippen LogP contribution < -0.4 is 10.6 Å². The fourth-order valence-corrected chi connectivity index (χ4v) is 2.95. The molecular formula is C14H23F3N4O3S2. The van der Waals surface area contributed by atoms with Crippen molar-refractivity contribution in [3.05, 3.63) is 16.1 Å². The molecule has 0 aliphatic carbocycles. The summed E-state index contributed by atoms with van der Waals surface area (Å²) in [5.74, 6) is 0.467. The number of guanidine groups is 1. The number of nitrogens with one attached hydrogen (secondary N) is 2. The molecule has 26 heavy (non-hydrogen) atoms. The molecule has 0 amide bonds. The largest absolute Gasteiger partial charge is 0.434 e. The molecular weight excluding hydrogens is 393 g/mol. The molecule has 1 rings (SSSR count). The fourth-order valence-electron chi connectivity index (χ4n) is 1.72. The monoisotopic (exact) mass is 416 g/mol. The van der Waals surface area contributed by atoms with Gasteiger partial charge in [-0.3, -0.25) is 4.99 Å². The van der Waals surface area contributed by atoms with E-state index in [4.69, 9.17) is 4.74 Å². The van der Waals surface area contributed by atoms with E-state index in [0.717, 1.165) is 23.0 Å². The normalized spacial score (nSPS) is 13.0. The molecule has 0 atom stereocenters. The summed E-state index contributed by atoms with van der Waals surface area (Å²) in [6.45, 7) is 3.60. The molecule has 7 nitrogen and oxygen atoms in total. The quantitative estimate of drug-likeness (QED) is 0.340. The van der Waals surface area contributed by atoms with Gasteiger partial charge in [0, 0.05) is 31.1 Å². The molecule has 2 N–H and O–H groups in total. The van der Waals surface area contributed by atoms with Gasteiger partial charge < -0.3 is 15.4 Å². The number of hydrogen-bond acceptors (Lipinski definition) is 6. The Bertz CT molecular complexity index is 675. The highest BCUT2D eigenvalue weighted by Gasteiger charge is 2.33. The summed E-state index contributed by atoms with van der Waals surface area (Å²) in [5, 5.41) is 7.40. The van der Waals surface area contributed by atoms with Crippen molar-refractivity contribution < 1.29 is 26.3 Å². The van der Waals surface area contributed by atoms with E-state index < -0.39 is 21.7 Å². The van der Waals surface area contributed by atoms with Crippen LogP contribution in [0.25, 0.3) is 0 Å². The Morgan fingerprint density at radius 1 is 1.35 bits per heavy atom. The lowest BCUT2D eigenvalue weighted by Crippen LogP contribution is -2.38. The predicted octanol–water partition coefficient (Wildman–Crippen LogP) is 1.32. The van der Waals surface area contributed by atoms with E-state index in [9.17, 15) is 21.6 Å². The number of aromatic nitrogens is 1. The number of ether oxygens (including phenoxy) is 1. The maximum absolute atomic E-state index is 12.5. The molecule has 0 aliphatic heterocycles. The van der Waals surface area contributed by atoms with Crippen molar-refractivity contribution in [1.82, 2.24) is 15.6 Å². The molecule has 1 heterocycles. The van der Waals surface area contributed by atoms with E-state index in [0.29, 0.717) is 37.0 Å². The van der Waals surface area contributed by atoms with E-state index in [1.54, 1.807) is 0 Å². The van der Waals surface area contributed by atoms with Gasteiger partial charge in [0.1, 0.15) is 9.84 Å². The molecule has 0 saturated heterocycles. The zero-order chi connectivity index (χ0) is 19.6. The van der Waals surface area contributed by atoms with Gasteiger partial charge in [-0.15, -0.1) is 11.3 Å². The summed E-state index contributed by atoms with van der Waals surface area (Å²) in [6, 6.07) is 0. The number of thiazole rings is 1. The number of hydrogen-bond donors (Lipinski definition) is 2. The minimum Gasteiger partial charge on any atom is -0.378 e. The highest BCUT2D eigenvalue weighted by atomic mass is 32.2. The molecule has 0 spiro atoms. The molecule has 1 aromatic heterocycles. The topological polar surface area (TPSA) is 92.7 Å². The van der Waals surface area contributed by atoms with Crippen molar-refractivity contribution in [2.75, 3.05) is 44.9 Å². The SMILES string of the molecule is CCNC(=NCCOCCS(C)(=O)=O)NCCc1nc(C(F)(F)F)cs1. The van der Waals surface area contributed by atoms with E-state index in [1.807, 2.05) is 6.92 Å². The Kier molecular flexibility index (Phi) is 9.30. The van der Waals surface area contributed by atoms with Crippen LogP contribution in [0.15, 0.2) is 10.4 Å². The Morgan fingerprint density at radius 2 is 2.08 bits per heavy atom. The van der Waals surface area contributed by atoms with E-state index in [2.05, 4.69) is 20.6 Å². The van der Waals surface area contributed by atoms with E-state index in [-0.39, 0.29) is 19.0 Å². The van der Waals surface area contributed by atoms with Crippen LogP contribution in [0.2, 0.25) is 0 Å². The third-order valence-corrected chi connectivity index (χ3v) is 4.74. The number of halogens is 3. The first-order valence-corrected chi connectivity index (χ1v) is 10.8. The summed E-state index contributed by atoms with van der Waals surface area (Å²) in [5.41, 5.74) is -0.871. The first kappa shape index (κ1) is 22.6. The van der Waals surface area contributed by atoms with Gasteiger partial charge in [0.05, 0.1) is 30.5 Å². The van der Waals surface area contributed by atoms with Crippen molar-refractivity contribution in [2.24, 2.45) is 4.99 Å². The molecule has 0 fully saturated rings. The van der Waals surface area contributed by atoms with Gasteiger partial charge in [-0.05, 0) is 6.92 Å². The summed E-state index contributed by atoms with van der Waals surface area (Å²) < 4.78 is 64.6. The third-order valence-electron chi connectivity index (χ3n) is 2.92. The van der Waals surface area contributed by atoms with Crippen molar-refractivity contribution >= 4 is 27.1 Å². The molecule has 0 bridgehead atoms. The van der Waals surface area contributed by atoms with Gasteiger partial charge in [0.2, 0.25) is 0 Å². The van der Waals surface area contributed by atoms with Gasteiger partial charge in [0.15, 0.2) is 11.7 Å². The molecule has 0 saturated carbocycles. The maximum Gasteiger partial charge on any atom is 0.434 e. The fraction of sp³-hybridized carbons (Fsp3) is 0.714. The maximum atomic E-state index is 12.5. The average Bonchev–Trinajstić information content (AvgIpc) is 2.98. The second-order valence-corrected chi connectivity index (χ2v) is 8.51. The zero-order valence-electron chi connectivity index (χ0n) is 14.6. The molecule has 0 radical (unpaired) electrons. The van der Waals surface area contributed by atoms with Crippen LogP contribution in [0.5, 0.6) is 0 Å². The second-order valence-electron chi connectivity index (χ2n) is 5.30. The minimum absolute atomic E-state index is 0.0389.